The van der Waals surface area contributed by atoms with Crippen molar-refractivity contribution in [2.45, 2.75) is 0 Å². The van der Waals surface area contributed by atoms with Crippen molar-refractivity contribution in [2.24, 2.45) is 0 Å². The highest BCUT2D eigenvalue weighted by Gasteiger charge is 2.06. The van der Waals surface area contributed by atoms with E-state index < -0.39 is 5.82 Å². The minimum atomic E-state index is -0.589. The van der Waals surface area contributed by atoms with Gasteiger partial charge in [-0.05, 0) is 36.8 Å². The third-order valence-electron chi connectivity index (χ3n) is 2.47. The molecule has 0 aliphatic carbocycles. The van der Waals surface area contributed by atoms with Crippen LogP contribution in [0.5, 0.6) is 5.75 Å². The number of halogens is 2. The van der Waals surface area contributed by atoms with E-state index in [9.17, 15) is 9.18 Å². The molecule has 0 heterocycles. The highest BCUT2D eigenvalue weighted by Crippen LogP contribution is 2.20. The second kappa shape index (κ2) is 6.39. The molecule has 0 saturated heterocycles. The van der Waals surface area contributed by atoms with Gasteiger partial charge >= 0.3 is 0 Å². The van der Waals surface area contributed by atoms with Crippen molar-refractivity contribution in [3.8, 4) is 5.75 Å². The van der Waals surface area contributed by atoms with Crippen LogP contribution in [0.2, 0.25) is 5.02 Å². The molecule has 2 rings (SSSR count). The second-order valence-corrected chi connectivity index (χ2v) is 4.52. The highest BCUT2D eigenvalue weighted by atomic mass is 35.5. The third kappa shape index (κ3) is 3.96. The lowest BCUT2D eigenvalue weighted by atomic mass is 10.2. The summed E-state index contributed by atoms with van der Waals surface area (Å²) in [5.74, 6) is -0.687. The van der Waals surface area contributed by atoms with Crippen LogP contribution in [0.4, 0.5) is 10.1 Å². The second-order valence-electron chi connectivity index (χ2n) is 4.11. The molecule has 0 aliphatic heterocycles. The Hall–Kier alpha value is -2.07. The summed E-state index contributed by atoms with van der Waals surface area (Å²) in [6.07, 6.45) is 0. The van der Waals surface area contributed by atoms with Crippen LogP contribution in [0, 0.1) is 12.7 Å². The molecule has 0 bridgehead atoms. The summed E-state index contributed by atoms with van der Waals surface area (Å²) in [6, 6.07) is 11.1. The van der Waals surface area contributed by atoms with E-state index in [0.717, 1.165) is 11.6 Å². The molecule has 20 heavy (non-hydrogen) atoms. The Balaban J connectivity index is 1.90. The van der Waals surface area contributed by atoms with E-state index in [2.05, 4.69) is 12.2 Å². The van der Waals surface area contributed by atoms with Crippen molar-refractivity contribution in [2.75, 3.05) is 11.9 Å². The van der Waals surface area contributed by atoms with Crippen LogP contribution in [-0.2, 0) is 4.79 Å². The van der Waals surface area contributed by atoms with Crippen molar-refractivity contribution in [1.82, 2.24) is 0 Å². The Morgan fingerprint density at radius 2 is 2.10 bits per heavy atom. The van der Waals surface area contributed by atoms with Crippen molar-refractivity contribution >= 4 is 23.2 Å². The monoisotopic (exact) mass is 292 g/mol. The van der Waals surface area contributed by atoms with Gasteiger partial charge in [-0.1, -0.05) is 23.7 Å². The lowest BCUT2D eigenvalue weighted by Gasteiger charge is -2.08. The quantitative estimate of drug-likeness (QED) is 0.933. The molecule has 0 spiro atoms. The molecule has 0 fully saturated rings. The van der Waals surface area contributed by atoms with Gasteiger partial charge in [-0.15, -0.1) is 0 Å². The Morgan fingerprint density at radius 3 is 2.80 bits per heavy atom. The zero-order valence-electron chi connectivity index (χ0n) is 10.5. The Labute approximate surface area is 121 Å². The first-order valence-electron chi connectivity index (χ1n) is 5.84. The minimum absolute atomic E-state index is 0.00839. The number of nitrogens with one attached hydrogen (secondary N) is 1. The Bertz CT molecular complexity index is 631. The molecule has 2 aromatic carbocycles. The molecular formula is C15H12ClFNO2. The Morgan fingerprint density at radius 1 is 1.30 bits per heavy atom. The number of rotatable bonds is 4. The first-order chi connectivity index (χ1) is 9.54. The van der Waals surface area contributed by atoms with Crippen LogP contribution in [0.3, 0.4) is 0 Å². The van der Waals surface area contributed by atoms with E-state index >= 15 is 0 Å². The smallest absolute Gasteiger partial charge is 0.262 e. The van der Waals surface area contributed by atoms with Gasteiger partial charge in [0.25, 0.3) is 5.91 Å². The van der Waals surface area contributed by atoms with Crippen molar-refractivity contribution < 1.29 is 13.9 Å². The maximum Gasteiger partial charge on any atom is 0.262 e. The van der Waals surface area contributed by atoms with Gasteiger partial charge in [-0.2, -0.15) is 0 Å². The number of anilines is 1. The van der Waals surface area contributed by atoms with Crippen LogP contribution in [0.15, 0.2) is 42.5 Å². The molecule has 3 nitrogen and oxygen atoms in total. The zero-order chi connectivity index (χ0) is 14.5. The van der Waals surface area contributed by atoms with Gasteiger partial charge in [-0.25, -0.2) is 4.39 Å². The van der Waals surface area contributed by atoms with Gasteiger partial charge in [0.2, 0.25) is 0 Å². The van der Waals surface area contributed by atoms with Gasteiger partial charge < -0.3 is 10.1 Å². The third-order valence-corrected chi connectivity index (χ3v) is 2.78. The van der Waals surface area contributed by atoms with Crippen LogP contribution in [-0.4, -0.2) is 12.5 Å². The first kappa shape index (κ1) is 14.3. The van der Waals surface area contributed by atoms with Crippen molar-refractivity contribution in [1.29, 1.82) is 0 Å². The number of hydrogen-bond acceptors (Lipinski definition) is 2. The molecule has 1 amide bonds. The van der Waals surface area contributed by atoms with E-state index in [4.69, 9.17) is 16.3 Å². The van der Waals surface area contributed by atoms with Gasteiger partial charge in [0.1, 0.15) is 11.6 Å². The molecule has 0 saturated carbocycles. The maximum absolute atomic E-state index is 13.2. The van der Waals surface area contributed by atoms with Crippen molar-refractivity contribution in [3.63, 3.8) is 0 Å². The van der Waals surface area contributed by atoms with Crippen molar-refractivity contribution in [3.05, 3.63) is 65.8 Å². The minimum Gasteiger partial charge on any atom is -0.484 e. The molecule has 0 aromatic heterocycles. The fraction of sp³-hybridized carbons (Fsp3) is 0.0667. The lowest BCUT2D eigenvalue weighted by molar-refractivity contribution is -0.118. The molecule has 0 aliphatic rings. The molecule has 103 valence electrons. The molecule has 1 radical (unpaired) electrons. The first-order valence-corrected chi connectivity index (χ1v) is 6.22. The molecule has 2 aromatic rings. The standard InChI is InChI=1S/C15H12ClFNO2/c1-10-3-2-4-11(7-10)18-15(19)9-20-12-5-6-13(16)14(17)8-12/h2-8H,1,9H2,(H,18,19). The number of carbonyl (C=O) groups is 1. The fourth-order valence-corrected chi connectivity index (χ4v) is 1.68. The zero-order valence-corrected chi connectivity index (χ0v) is 11.3. The highest BCUT2D eigenvalue weighted by molar-refractivity contribution is 6.30. The summed E-state index contributed by atoms with van der Waals surface area (Å²) in [4.78, 5) is 11.7. The summed E-state index contributed by atoms with van der Waals surface area (Å²) in [6.45, 7) is 3.54. The van der Waals surface area contributed by atoms with E-state index in [-0.39, 0.29) is 23.3 Å². The topological polar surface area (TPSA) is 38.3 Å². The molecule has 1 N–H and O–H groups in total. The molecule has 0 unspecified atom stereocenters. The number of benzene rings is 2. The largest absolute Gasteiger partial charge is 0.484 e. The molecular weight excluding hydrogens is 281 g/mol. The van der Waals surface area contributed by atoms with Gasteiger partial charge in [-0.3, -0.25) is 4.79 Å². The number of hydrogen-bond donors (Lipinski definition) is 1. The summed E-state index contributed by atoms with van der Waals surface area (Å²) in [5.41, 5.74) is 1.43. The van der Waals surface area contributed by atoms with Crippen LogP contribution in [0.1, 0.15) is 5.56 Å². The van der Waals surface area contributed by atoms with E-state index in [1.54, 1.807) is 18.2 Å². The fourth-order valence-electron chi connectivity index (χ4n) is 1.56. The normalized spacial score (nSPS) is 10.2. The van der Waals surface area contributed by atoms with Crippen LogP contribution < -0.4 is 10.1 Å². The maximum atomic E-state index is 13.2. The molecule has 0 atom stereocenters. The van der Waals surface area contributed by atoms with E-state index in [0.29, 0.717) is 5.69 Å². The van der Waals surface area contributed by atoms with Crippen LogP contribution >= 0.6 is 11.6 Å². The van der Waals surface area contributed by atoms with Crippen LogP contribution in [0.25, 0.3) is 0 Å². The predicted octanol–water partition coefficient (Wildman–Crippen LogP) is 3.68. The Kier molecular flexibility index (Phi) is 4.58. The summed E-state index contributed by atoms with van der Waals surface area (Å²) >= 11 is 5.55. The predicted molar refractivity (Wildman–Crippen MR) is 76.4 cm³/mol. The number of ether oxygens (including phenoxy) is 1. The summed E-state index contributed by atoms with van der Waals surface area (Å²) in [7, 11) is 0. The summed E-state index contributed by atoms with van der Waals surface area (Å²) in [5, 5.41) is 2.66. The SMILES string of the molecule is [CH2]c1cccc(NC(=O)COc2ccc(Cl)c(F)c2)c1. The average Bonchev–Trinajstić information content (AvgIpc) is 2.40. The number of carbonyl (C=O) groups excluding carboxylic acids is 1. The summed E-state index contributed by atoms with van der Waals surface area (Å²) < 4.78 is 18.4. The average molecular weight is 293 g/mol. The van der Waals surface area contributed by atoms with E-state index in [1.807, 2.05) is 6.07 Å². The van der Waals surface area contributed by atoms with Gasteiger partial charge in [0, 0.05) is 11.8 Å². The molecule has 5 heteroatoms. The lowest BCUT2D eigenvalue weighted by Crippen LogP contribution is -2.20. The van der Waals surface area contributed by atoms with Gasteiger partial charge in [0.05, 0.1) is 5.02 Å². The van der Waals surface area contributed by atoms with Gasteiger partial charge in [0.15, 0.2) is 6.61 Å². The number of amides is 1. The van der Waals surface area contributed by atoms with E-state index in [1.165, 1.54) is 12.1 Å².